The molecule has 8 heteroatoms. The third-order valence-corrected chi connectivity index (χ3v) is 4.48. The van der Waals surface area contributed by atoms with Crippen LogP contribution < -0.4 is 15.4 Å². The molecular weight excluding hydrogens is 392 g/mol. The molecule has 8 nitrogen and oxygen atoms in total. The fraction of sp³-hybridized carbons (Fsp3) is 0.130. The number of ether oxygens (including phenoxy) is 1. The smallest absolute Gasteiger partial charge is 0.259 e. The number of benzene rings is 2. The maximum atomic E-state index is 13.0. The summed E-state index contributed by atoms with van der Waals surface area (Å²) in [7, 11) is 0. The molecule has 2 aromatic carbocycles. The number of aromatic nitrogens is 4. The highest BCUT2D eigenvalue weighted by Crippen LogP contribution is 2.22. The van der Waals surface area contributed by atoms with Crippen molar-refractivity contribution in [3.8, 4) is 5.75 Å². The number of amides is 1. The highest BCUT2D eigenvalue weighted by atomic mass is 16.5. The molecule has 156 valence electrons. The average Bonchev–Trinajstić information content (AvgIpc) is 3.29. The molecule has 0 aliphatic heterocycles. The summed E-state index contributed by atoms with van der Waals surface area (Å²) < 4.78 is 7.19. The molecule has 1 amide bonds. The van der Waals surface area contributed by atoms with Gasteiger partial charge < -0.3 is 15.4 Å². The van der Waals surface area contributed by atoms with E-state index in [1.54, 1.807) is 29.3 Å². The van der Waals surface area contributed by atoms with Crippen LogP contribution in [0, 0.1) is 0 Å². The number of nitrogens with one attached hydrogen (secondary N) is 2. The Balaban J connectivity index is 1.48. The van der Waals surface area contributed by atoms with Crippen LogP contribution in [0.2, 0.25) is 0 Å². The van der Waals surface area contributed by atoms with Crippen molar-refractivity contribution in [2.24, 2.45) is 0 Å². The molecule has 0 spiro atoms. The molecule has 31 heavy (non-hydrogen) atoms. The van der Waals surface area contributed by atoms with Gasteiger partial charge in [-0.15, -0.1) is 0 Å². The molecule has 4 aromatic rings. The first kappa shape index (κ1) is 20.1. The van der Waals surface area contributed by atoms with Crippen LogP contribution in [0.4, 0.5) is 17.2 Å². The Morgan fingerprint density at radius 3 is 2.71 bits per heavy atom. The second-order valence-electron chi connectivity index (χ2n) is 6.73. The zero-order valence-electron chi connectivity index (χ0n) is 17.0. The highest BCUT2D eigenvalue weighted by Gasteiger charge is 2.13. The zero-order valence-corrected chi connectivity index (χ0v) is 17.0. The summed E-state index contributed by atoms with van der Waals surface area (Å²) in [5.41, 5.74) is 2.95. The first-order chi connectivity index (χ1) is 15.2. The SMILES string of the molecule is CCOc1ccc(Nc2ncccc2C(=O)Nc2cccc(Cn3cncn3)c2)cc1. The van der Waals surface area contributed by atoms with E-state index in [4.69, 9.17) is 4.74 Å². The van der Waals surface area contributed by atoms with Gasteiger partial charge in [0.05, 0.1) is 18.7 Å². The van der Waals surface area contributed by atoms with E-state index >= 15 is 0 Å². The maximum Gasteiger partial charge on any atom is 0.259 e. The van der Waals surface area contributed by atoms with Crippen molar-refractivity contribution in [3.63, 3.8) is 0 Å². The molecule has 0 saturated heterocycles. The molecule has 0 fully saturated rings. The summed E-state index contributed by atoms with van der Waals surface area (Å²) in [6, 6.07) is 18.6. The van der Waals surface area contributed by atoms with Gasteiger partial charge in [-0.1, -0.05) is 12.1 Å². The second-order valence-corrected chi connectivity index (χ2v) is 6.73. The van der Waals surface area contributed by atoms with E-state index in [0.717, 1.165) is 17.0 Å². The van der Waals surface area contributed by atoms with Crippen LogP contribution in [0.3, 0.4) is 0 Å². The number of carbonyl (C=O) groups excluding carboxylic acids is 1. The standard InChI is InChI=1S/C23H22N6O2/c1-2-31-20-10-8-18(9-11-20)27-22-21(7-4-12-25-22)23(30)28-19-6-3-5-17(13-19)14-29-16-24-15-26-29/h3-13,15-16H,2,14H2,1H3,(H,25,27)(H,28,30). The van der Waals surface area contributed by atoms with Crippen molar-refractivity contribution in [2.45, 2.75) is 13.5 Å². The van der Waals surface area contributed by atoms with E-state index in [1.165, 1.54) is 6.33 Å². The number of nitrogens with zero attached hydrogens (tertiary/aromatic N) is 4. The minimum atomic E-state index is -0.251. The minimum absolute atomic E-state index is 0.251. The lowest BCUT2D eigenvalue weighted by molar-refractivity contribution is 0.102. The molecule has 0 saturated carbocycles. The van der Waals surface area contributed by atoms with Crippen molar-refractivity contribution in [1.29, 1.82) is 0 Å². The molecule has 0 bridgehead atoms. The Morgan fingerprint density at radius 1 is 1.06 bits per heavy atom. The Morgan fingerprint density at radius 2 is 1.94 bits per heavy atom. The first-order valence-electron chi connectivity index (χ1n) is 9.89. The number of hydrogen-bond donors (Lipinski definition) is 2. The van der Waals surface area contributed by atoms with Crippen molar-refractivity contribution in [1.82, 2.24) is 19.7 Å². The molecule has 0 aliphatic carbocycles. The van der Waals surface area contributed by atoms with E-state index in [9.17, 15) is 4.79 Å². The van der Waals surface area contributed by atoms with Crippen molar-refractivity contribution in [2.75, 3.05) is 17.2 Å². The Kier molecular flexibility index (Phi) is 6.18. The third-order valence-electron chi connectivity index (χ3n) is 4.48. The molecule has 2 aromatic heterocycles. The number of carbonyl (C=O) groups is 1. The van der Waals surface area contributed by atoms with Crippen LogP contribution in [0.15, 0.2) is 79.5 Å². The normalized spacial score (nSPS) is 10.5. The van der Waals surface area contributed by atoms with Gasteiger partial charge in [0.1, 0.15) is 24.2 Å². The van der Waals surface area contributed by atoms with Gasteiger partial charge in [0.15, 0.2) is 0 Å². The van der Waals surface area contributed by atoms with Gasteiger partial charge in [-0.2, -0.15) is 5.10 Å². The first-order valence-corrected chi connectivity index (χ1v) is 9.89. The van der Waals surface area contributed by atoms with Gasteiger partial charge in [-0.05, 0) is 61.0 Å². The highest BCUT2D eigenvalue weighted by molar-refractivity contribution is 6.07. The predicted molar refractivity (Wildman–Crippen MR) is 119 cm³/mol. The number of anilines is 3. The van der Waals surface area contributed by atoms with Crippen LogP contribution in [-0.4, -0.2) is 32.3 Å². The summed E-state index contributed by atoms with van der Waals surface area (Å²) in [5.74, 6) is 1.01. The summed E-state index contributed by atoms with van der Waals surface area (Å²) in [6.07, 6.45) is 4.79. The third kappa shape index (κ3) is 5.24. The molecule has 4 rings (SSSR count). The molecule has 0 unspecified atom stereocenters. The van der Waals surface area contributed by atoms with Crippen LogP contribution in [0.1, 0.15) is 22.8 Å². The van der Waals surface area contributed by atoms with Gasteiger partial charge in [-0.25, -0.2) is 14.6 Å². The largest absolute Gasteiger partial charge is 0.494 e. The predicted octanol–water partition coefficient (Wildman–Crippen LogP) is 4.12. The van der Waals surface area contributed by atoms with E-state index in [-0.39, 0.29) is 5.91 Å². The lowest BCUT2D eigenvalue weighted by Gasteiger charge is -2.12. The Labute approximate surface area is 179 Å². The number of hydrogen-bond acceptors (Lipinski definition) is 6. The van der Waals surface area contributed by atoms with Gasteiger partial charge in [-0.3, -0.25) is 4.79 Å². The monoisotopic (exact) mass is 414 g/mol. The van der Waals surface area contributed by atoms with Crippen molar-refractivity contribution < 1.29 is 9.53 Å². The van der Waals surface area contributed by atoms with Gasteiger partial charge >= 0.3 is 0 Å². The van der Waals surface area contributed by atoms with Crippen LogP contribution in [0.5, 0.6) is 5.75 Å². The lowest BCUT2D eigenvalue weighted by atomic mass is 10.2. The second kappa shape index (κ2) is 9.53. The fourth-order valence-corrected chi connectivity index (χ4v) is 3.07. The summed E-state index contributed by atoms with van der Waals surface area (Å²) in [4.78, 5) is 21.2. The molecular formula is C23H22N6O2. The maximum absolute atomic E-state index is 13.0. The van der Waals surface area contributed by atoms with E-state index in [1.807, 2.05) is 55.5 Å². The summed E-state index contributed by atoms with van der Waals surface area (Å²) in [5, 5.41) is 10.3. The number of rotatable bonds is 8. The van der Waals surface area contributed by atoms with Crippen molar-refractivity contribution >= 4 is 23.1 Å². The van der Waals surface area contributed by atoms with E-state index in [2.05, 4.69) is 25.7 Å². The minimum Gasteiger partial charge on any atom is -0.494 e. The quantitative estimate of drug-likeness (QED) is 0.451. The van der Waals surface area contributed by atoms with E-state index < -0.39 is 0 Å². The fourth-order valence-electron chi connectivity index (χ4n) is 3.07. The molecule has 2 N–H and O–H groups in total. The van der Waals surface area contributed by atoms with Gasteiger partial charge in [0.25, 0.3) is 5.91 Å². The van der Waals surface area contributed by atoms with E-state index in [0.29, 0.717) is 30.2 Å². The molecule has 0 aliphatic rings. The molecule has 2 heterocycles. The molecule has 0 radical (unpaired) electrons. The summed E-state index contributed by atoms with van der Waals surface area (Å²) in [6.45, 7) is 3.12. The van der Waals surface area contributed by atoms with Crippen LogP contribution in [-0.2, 0) is 6.54 Å². The van der Waals surface area contributed by atoms with Gasteiger partial charge in [0.2, 0.25) is 0 Å². The summed E-state index contributed by atoms with van der Waals surface area (Å²) >= 11 is 0. The lowest BCUT2D eigenvalue weighted by Crippen LogP contribution is -2.15. The van der Waals surface area contributed by atoms with Crippen LogP contribution in [0.25, 0.3) is 0 Å². The van der Waals surface area contributed by atoms with Crippen LogP contribution >= 0.6 is 0 Å². The van der Waals surface area contributed by atoms with Gasteiger partial charge in [0, 0.05) is 17.6 Å². The zero-order chi connectivity index (χ0) is 21.5. The Hall–Kier alpha value is -4.20. The molecule has 0 atom stereocenters. The average molecular weight is 414 g/mol. The Bertz CT molecular complexity index is 1140. The topological polar surface area (TPSA) is 94.0 Å². The number of pyridine rings is 1. The van der Waals surface area contributed by atoms with Crippen molar-refractivity contribution in [3.05, 3.63) is 90.6 Å².